The van der Waals surface area contributed by atoms with Crippen LogP contribution in [0.5, 0.6) is 5.75 Å². The fourth-order valence-corrected chi connectivity index (χ4v) is 5.17. The van der Waals surface area contributed by atoms with Crippen molar-refractivity contribution in [3.63, 3.8) is 0 Å². The number of amides is 1. The van der Waals surface area contributed by atoms with Gasteiger partial charge in [-0.1, -0.05) is 6.58 Å². The standard InChI is InChI=1S/C20H28N2O4S/c1-3-19(23)21-20(2)12-14-22(15-13-20)27(24,25)18-10-8-17(9-11-18)26-16-6-4-5-7-16/h3,8-11,16H,1,4-7,12-15H2,2H3,(H,21,23). The van der Waals surface area contributed by atoms with Gasteiger partial charge in [-0.25, -0.2) is 8.42 Å². The van der Waals surface area contributed by atoms with E-state index in [1.165, 1.54) is 23.2 Å². The molecule has 1 heterocycles. The quantitative estimate of drug-likeness (QED) is 0.756. The largest absolute Gasteiger partial charge is 0.490 e. The van der Waals surface area contributed by atoms with E-state index in [4.69, 9.17) is 4.74 Å². The van der Waals surface area contributed by atoms with Crippen LogP contribution in [0.25, 0.3) is 0 Å². The summed E-state index contributed by atoms with van der Waals surface area (Å²) in [5.74, 6) is 0.492. The number of sulfonamides is 1. The molecule has 148 valence electrons. The van der Waals surface area contributed by atoms with E-state index in [2.05, 4.69) is 11.9 Å². The minimum Gasteiger partial charge on any atom is -0.490 e. The zero-order chi connectivity index (χ0) is 19.5. The Morgan fingerprint density at radius 3 is 2.37 bits per heavy atom. The highest BCUT2D eigenvalue weighted by Gasteiger charge is 2.36. The molecule has 1 N–H and O–H groups in total. The Morgan fingerprint density at radius 2 is 1.81 bits per heavy atom. The van der Waals surface area contributed by atoms with Gasteiger partial charge in [-0.3, -0.25) is 4.79 Å². The molecule has 2 fully saturated rings. The zero-order valence-corrected chi connectivity index (χ0v) is 16.6. The lowest BCUT2D eigenvalue weighted by Crippen LogP contribution is -2.53. The molecule has 6 nitrogen and oxygen atoms in total. The Labute approximate surface area is 161 Å². The zero-order valence-electron chi connectivity index (χ0n) is 15.8. The average molecular weight is 393 g/mol. The molecule has 1 amide bonds. The number of hydrogen-bond donors (Lipinski definition) is 1. The maximum Gasteiger partial charge on any atom is 0.243 e. The molecular formula is C20H28N2O4S. The van der Waals surface area contributed by atoms with Gasteiger partial charge in [0.15, 0.2) is 0 Å². The lowest BCUT2D eigenvalue weighted by atomic mass is 9.90. The van der Waals surface area contributed by atoms with Crippen molar-refractivity contribution in [2.24, 2.45) is 0 Å². The van der Waals surface area contributed by atoms with E-state index in [0.29, 0.717) is 25.9 Å². The molecule has 2 aliphatic rings. The van der Waals surface area contributed by atoms with Gasteiger partial charge in [0, 0.05) is 18.6 Å². The van der Waals surface area contributed by atoms with Crippen molar-refractivity contribution in [1.29, 1.82) is 0 Å². The lowest BCUT2D eigenvalue weighted by molar-refractivity contribution is -0.118. The molecule has 0 radical (unpaired) electrons. The summed E-state index contributed by atoms with van der Waals surface area (Å²) in [5.41, 5.74) is -0.406. The number of piperidine rings is 1. The van der Waals surface area contributed by atoms with Crippen molar-refractivity contribution in [3.05, 3.63) is 36.9 Å². The second-order valence-electron chi connectivity index (χ2n) is 7.65. The summed E-state index contributed by atoms with van der Waals surface area (Å²) in [7, 11) is -3.55. The van der Waals surface area contributed by atoms with E-state index >= 15 is 0 Å². The number of nitrogens with one attached hydrogen (secondary N) is 1. The van der Waals surface area contributed by atoms with Crippen LogP contribution in [-0.4, -0.2) is 43.4 Å². The first-order chi connectivity index (χ1) is 12.8. The van der Waals surface area contributed by atoms with E-state index in [1.54, 1.807) is 24.3 Å². The van der Waals surface area contributed by atoms with E-state index in [1.807, 2.05) is 6.92 Å². The average Bonchev–Trinajstić information content (AvgIpc) is 3.15. The normalized spacial score (nSPS) is 20.9. The highest BCUT2D eigenvalue weighted by atomic mass is 32.2. The van der Waals surface area contributed by atoms with Crippen molar-refractivity contribution in [1.82, 2.24) is 9.62 Å². The third-order valence-corrected chi connectivity index (χ3v) is 7.42. The van der Waals surface area contributed by atoms with E-state index in [0.717, 1.165) is 18.6 Å². The Kier molecular flexibility index (Phi) is 5.91. The molecule has 1 aliphatic heterocycles. The van der Waals surface area contributed by atoms with E-state index in [-0.39, 0.29) is 16.9 Å². The third kappa shape index (κ3) is 4.71. The SMILES string of the molecule is C=CC(=O)NC1(C)CCN(S(=O)(=O)c2ccc(OC3CCCC3)cc2)CC1. The van der Waals surface area contributed by atoms with Gasteiger partial charge in [-0.2, -0.15) is 4.31 Å². The third-order valence-electron chi connectivity index (χ3n) is 5.50. The highest BCUT2D eigenvalue weighted by Crippen LogP contribution is 2.28. The van der Waals surface area contributed by atoms with Crippen molar-refractivity contribution in [2.75, 3.05) is 13.1 Å². The van der Waals surface area contributed by atoms with Crippen LogP contribution in [0, 0.1) is 0 Å². The highest BCUT2D eigenvalue weighted by molar-refractivity contribution is 7.89. The van der Waals surface area contributed by atoms with E-state index in [9.17, 15) is 13.2 Å². The predicted molar refractivity (Wildman–Crippen MR) is 104 cm³/mol. The first kappa shape index (κ1) is 19.9. The molecule has 7 heteroatoms. The summed E-state index contributed by atoms with van der Waals surface area (Å²) in [5, 5.41) is 2.90. The first-order valence-corrected chi connectivity index (χ1v) is 11.0. The van der Waals surface area contributed by atoms with Gasteiger partial charge in [0.05, 0.1) is 11.0 Å². The molecule has 0 atom stereocenters. The van der Waals surface area contributed by atoms with Crippen molar-refractivity contribution in [3.8, 4) is 5.75 Å². The number of benzene rings is 1. The van der Waals surface area contributed by atoms with Crippen LogP contribution in [0.15, 0.2) is 41.8 Å². The number of carbonyl (C=O) groups excluding carboxylic acids is 1. The van der Waals surface area contributed by atoms with Crippen molar-refractivity contribution in [2.45, 2.75) is 62.0 Å². The summed E-state index contributed by atoms with van der Waals surface area (Å²) in [6.45, 7) is 6.14. The van der Waals surface area contributed by atoms with Crippen LogP contribution in [0.2, 0.25) is 0 Å². The summed E-state index contributed by atoms with van der Waals surface area (Å²) in [6.07, 6.45) is 7.13. The molecule has 27 heavy (non-hydrogen) atoms. The van der Waals surface area contributed by atoms with Crippen molar-refractivity contribution >= 4 is 15.9 Å². The summed E-state index contributed by atoms with van der Waals surface area (Å²) >= 11 is 0. The molecule has 0 bridgehead atoms. The smallest absolute Gasteiger partial charge is 0.243 e. The molecule has 3 rings (SSSR count). The molecule has 1 aromatic carbocycles. The maximum atomic E-state index is 12.9. The summed E-state index contributed by atoms with van der Waals surface area (Å²) < 4.78 is 33.2. The second kappa shape index (κ2) is 8.02. The number of nitrogens with zero attached hydrogens (tertiary/aromatic N) is 1. The Balaban J connectivity index is 1.62. The van der Waals surface area contributed by atoms with Gasteiger partial charge in [0.2, 0.25) is 15.9 Å². The first-order valence-electron chi connectivity index (χ1n) is 9.54. The molecule has 0 spiro atoms. The number of carbonyl (C=O) groups is 1. The second-order valence-corrected chi connectivity index (χ2v) is 9.59. The van der Waals surface area contributed by atoms with Crippen LogP contribution in [-0.2, 0) is 14.8 Å². The van der Waals surface area contributed by atoms with Gasteiger partial charge in [0.1, 0.15) is 5.75 Å². The number of rotatable bonds is 6. The summed E-state index contributed by atoms with van der Waals surface area (Å²) in [6, 6.07) is 6.72. The Morgan fingerprint density at radius 1 is 1.22 bits per heavy atom. The maximum absolute atomic E-state index is 12.9. The molecule has 0 aromatic heterocycles. The fourth-order valence-electron chi connectivity index (χ4n) is 3.73. The number of ether oxygens (including phenoxy) is 1. The van der Waals surface area contributed by atoms with Gasteiger partial charge >= 0.3 is 0 Å². The molecule has 0 unspecified atom stereocenters. The fraction of sp³-hybridized carbons (Fsp3) is 0.550. The molecule has 1 aliphatic carbocycles. The predicted octanol–water partition coefficient (Wildman–Crippen LogP) is 2.85. The Hall–Kier alpha value is -1.86. The Bertz CT molecular complexity index is 775. The minimum atomic E-state index is -3.55. The van der Waals surface area contributed by atoms with Gasteiger partial charge in [-0.05, 0) is 75.8 Å². The lowest BCUT2D eigenvalue weighted by Gasteiger charge is -2.39. The molecular weight excluding hydrogens is 364 g/mol. The minimum absolute atomic E-state index is 0.230. The molecule has 1 saturated carbocycles. The monoisotopic (exact) mass is 392 g/mol. The van der Waals surface area contributed by atoms with Gasteiger partial charge in [0.25, 0.3) is 0 Å². The van der Waals surface area contributed by atoms with Crippen LogP contribution in [0.1, 0.15) is 45.4 Å². The topological polar surface area (TPSA) is 75.7 Å². The summed E-state index contributed by atoms with van der Waals surface area (Å²) in [4.78, 5) is 11.8. The van der Waals surface area contributed by atoms with Gasteiger partial charge < -0.3 is 10.1 Å². The van der Waals surface area contributed by atoms with Crippen LogP contribution < -0.4 is 10.1 Å². The van der Waals surface area contributed by atoms with Crippen LogP contribution in [0.3, 0.4) is 0 Å². The molecule has 1 saturated heterocycles. The van der Waals surface area contributed by atoms with Gasteiger partial charge in [-0.15, -0.1) is 0 Å². The number of hydrogen-bond acceptors (Lipinski definition) is 4. The van der Waals surface area contributed by atoms with E-state index < -0.39 is 15.6 Å². The van der Waals surface area contributed by atoms with Crippen LogP contribution in [0.4, 0.5) is 0 Å². The van der Waals surface area contributed by atoms with Crippen molar-refractivity contribution < 1.29 is 17.9 Å². The molecule has 1 aromatic rings. The van der Waals surface area contributed by atoms with Crippen LogP contribution >= 0.6 is 0 Å².